The summed E-state index contributed by atoms with van der Waals surface area (Å²) >= 11 is 0. The van der Waals surface area contributed by atoms with Gasteiger partial charge in [0.15, 0.2) is 0 Å². The number of aryl methyl sites for hydroxylation is 1. The maximum absolute atomic E-state index is 12.2. The van der Waals surface area contributed by atoms with E-state index in [2.05, 4.69) is 5.32 Å². The van der Waals surface area contributed by atoms with Gasteiger partial charge in [0.1, 0.15) is 0 Å². The molecule has 1 aliphatic rings. The highest BCUT2D eigenvalue weighted by atomic mass is 32.2. The van der Waals surface area contributed by atoms with Crippen LogP contribution in [0, 0.1) is 0 Å². The Hall–Kier alpha value is -0.950. The first-order chi connectivity index (χ1) is 9.47. The maximum atomic E-state index is 12.2. The number of rotatable bonds is 6. The zero-order valence-corrected chi connectivity index (χ0v) is 12.5. The third-order valence-corrected chi connectivity index (χ3v) is 5.46. The molecule has 0 saturated carbocycles. The number of aliphatic hydroxyl groups excluding tert-OH is 1. The molecule has 6 heteroatoms. The summed E-state index contributed by atoms with van der Waals surface area (Å²) in [7, 11) is -1.65. The lowest BCUT2D eigenvalue weighted by molar-refractivity contribution is 0.192. The van der Waals surface area contributed by atoms with Crippen LogP contribution < -0.4 is 5.32 Å². The largest absolute Gasteiger partial charge is 0.392 e. The van der Waals surface area contributed by atoms with Gasteiger partial charge in [0.2, 0.25) is 10.0 Å². The van der Waals surface area contributed by atoms with E-state index in [4.69, 9.17) is 0 Å². The van der Waals surface area contributed by atoms with Crippen molar-refractivity contribution >= 4 is 10.0 Å². The molecular formula is C14H22N2O3S. The fraction of sp³-hybridized carbons (Fsp3) is 0.571. The summed E-state index contributed by atoms with van der Waals surface area (Å²) in [5, 5.41) is 12.6. The highest BCUT2D eigenvalue weighted by Crippen LogP contribution is 2.11. The van der Waals surface area contributed by atoms with Gasteiger partial charge in [0.25, 0.3) is 0 Å². The number of likely N-dealkylation sites (N-methyl/N-ethyl adjacent to an activating group) is 1. The van der Waals surface area contributed by atoms with Crippen LogP contribution in [0.2, 0.25) is 0 Å². The van der Waals surface area contributed by atoms with Crippen molar-refractivity contribution < 1.29 is 13.5 Å². The number of hydrogen-bond donors (Lipinski definition) is 2. The van der Waals surface area contributed by atoms with Crippen LogP contribution in [0.5, 0.6) is 0 Å². The van der Waals surface area contributed by atoms with E-state index in [1.165, 1.54) is 4.31 Å². The Labute approximate surface area is 120 Å². The normalized spacial score (nSPS) is 23.4. The van der Waals surface area contributed by atoms with Crippen molar-refractivity contribution in [2.24, 2.45) is 0 Å². The monoisotopic (exact) mass is 298 g/mol. The number of hydrogen-bond acceptors (Lipinski definition) is 4. The van der Waals surface area contributed by atoms with Crippen LogP contribution in [0.1, 0.15) is 12.0 Å². The smallest absolute Gasteiger partial charge is 0.214 e. The summed E-state index contributed by atoms with van der Waals surface area (Å²) in [5.74, 6) is 0.114. The van der Waals surface area contributed by atoms with E-state index in [1.54, 1.807) is 7.05 Å². The minimum atomic E-state index is -3.25. The van der Waals surface area contributed by atoms with E-state index in [0.717, 1.165) is 5.56 Å². The molecule has 0 spiro atoms. The molecule has 2 atom stereocenters. The van der Waals surface area contributed by atoms with Gasteiger partial charge < -0.3 is 10.4 Å². The summed E-state index contributed by atoms with van der Waals surface area (Å²) in [6, 6.07) is 9.66. The molecule has 5 nitrogen and oxygen atoms in total. The second kappa shape index (κ2) is 6.67. The molecule has 0 bridgehead atoms. The molecule has 1 saturated heterocycles. The number of β-amino-alcohol motifs (C(OH)–C–C–N with tert-alkyl or cyclic N) is 1. The predicted octanol–water partition coefficient (Wildman–Crippen LogP) is 0.214. The Morgan fingerprint density at radius 1 is 1.35 bits per heavy atom. The van der Waals surface area contributed by atoms with Gasteiger partial charge in [0, 0.05) is 26.2 Å². The van der Waals surface area contributed by atoms with Crippen molar-refractivity contribution in [3.63, 3.8) is 0 Å². The number of sulfonamides is 1. The minimum Gasteiger partial charge on any atom is -0.392 e. The molecule has 0 amide bonds. The Bertz CT molecular complexity index is 518. The van der Waals surface area contributed by atoms with Gasteiger partial charge in [0.05, 0.1) is 11.9 Å². The predicted molar refractivity (Wildman–Crippen MR) is 79.0 cm³/mol. The van der Waals surface area contributed by atoms with Crippen LogP contribution in [-0.2, 0) is 16.4 Å². The van der Waals surface area contributed by atoms with E-state index in [1.807, 2.05) is 30.3 Å². The first kappa shape index (κ1) is 15.4. The molecule has 1 aromatic rings. The highest BCUT2D eigenvalue weighted by Gasteiger charge is 2.27. The molecule has 2 rings (SSSR count). The van der Waals surface area contributed by atoms with Crippen molar-refractivity contribution in [1.29, 1.82) is 0 Å². The lowest BCUT2D eigenvalue weighted by atomic mass is 10.2. The molecule has 112 valence electrons. The van der Waals surface area contributed by atoms with Crippen LogP contribution in [0.15, 0.2) is 30.3 Å². The number of benzene rings is 1. The molecule has 0 aliphatic carbocycles. The van der Waals surface area contributed by atoms with Crippen molar-refractivity contribution in [3.05, 3.63) is 35.9 Å². The SMILES string of the molecule is CN(C[C@@H]1C[C@@H](O)CN1)S(=O)(=O)CCc1ccccc1. The second-order valence-corrected chi connectivity index (χ2v) is 7.52. The topological polar surface area (TPSA) is 69.6 Å². The molecule has 1 fully saturated rings. The summed E-state index contributed by atoms with van der Waals surface area (Å²) in [5.41, 5.74) is 1.03. The maximum Gasteiger partial charge on any atom is 0.214 e. The van der Waals surface area contributed by atoms with Gasteiger partial charge in [-0.3, -0.25) is 0 Å². The quantitative estimate of drug-likeness (QED) is 0.788. The molecule has 1 aliphatic heterocycles. The van der Waals surface area contributed by atoms with Gasteiger partial charge >= 0.3 is 0 Å². The van der Waals surface area contributed by atoms with Crippen molar-refractivity contribution in [3.8, 4) is 0 Å². The first-order valence-electron chi connectivity index (χ1n) is 6.87. The Morgan fingerprint density at radius 3 is 2.65 bits per heavy atom. The molecule has 0 radical (unpaired) electrons. The van der Waals surface area contributed by atoms with E-state index in [-0.39, 0.29) is 17.9 Å². The fourth-order valence-corrected chi connectivity index (χ4v) is 3.62. The number of nitrogens with zero attached hydrogens (tertiary/aromatic N) is 1. The summed E-state index contributed by atoms with van der Waals surface area (Å²) in [4.78, 5) is 0. The summed E-state index contributed by atoms with van der Waals surface area (Å²) in [6.45, 7) is 0.955. The molecular weight excluding hydrogens is 276 g/mol. The van der Waals surface area contributed by atoms with Crippen LogP contribution >= 0.6 is 0 Å². The number of aliphatic hydroxyl groups is 1. The van der Waals surface area contributed by atoms with E-state index in [9.17, 15) is 13.5 Å². The van der Waals surface area contributed by atoms with Crippen LogP contribution in [-0.4, -0.2) is 55.9 Å². The Balaban J connectivity index is 1.86. The number of nitrogens with one attached hydrogen (secondary N) is 1. The fourth-order valence-electron chi connectivity index (χ4n) is 2.41. The molecule has 0 unspecified atom stereocenters. The summed E-state index contributed by atoms with van der Waals surface area (Å²) in [6.07, 6.45) is 0.771. The van der Waals surface area contributed by atoms with E-state index in [0.29, 0.717) is 25.9 Å². The van der Waals surface area contributed by atoms with Gasteiger partial charge in [-0.25, -0.2) is 12.7 Å². The van der Waals surface area contributed by atoms with E-state index < -0.39 is 10.0 Å². The zero-order chi connectivity index (χ0) is 14.6. The third-order valence-electron chi connectivity index (χ3n) is 3.64. The Morgan fingerprint density at radius 2 is 2.05 bits per heavy atom. The first-order valence-corrected chi connectivity index (χ1v) is 8.47. The molecule has 1 heterocycles. The van der Waals surface area contributed by atoms with Crippen LogP contribution in [0.4, 0.5) is 0 Å². The van der Waals surface area contributed by atoms with Crippen molar-refractivity contribution in [2.45, 2.75) is 25.0 Å². The molecule has 2 N–H and O–H groups in total. The van der Waals surface area contributed by atoms with Crippen LogP contribution in [0.3, 0.4) is 0 Å². The summed E-state index contributed by atoms with van der Waals surface area (Å²) < 4.78 is 25.8. The van der Waals surface area contributed by atoms with Gasteiger partial charge in [-0.1, -0.05) is 30.3 Å². The Kier molecular flexibility index (Phi) is 5.15. The second-order valence-electron chi connectivity index (χ2n) is 5.33. The highest BCUT2D eigenvalue weighted by molar-refractivity contribution is 7.89. The molecule has 1 aromatic carbocycles. The third kappa shape index (κ3) is 4.28. The van der Waals surface area contributed by atoms with Gasteiger partial charge in [-0.2, -0.15) is 0 Å². The van der Waals surface area contributed by atoms with Gasteiger partial charge in [-0.05, 0) is 18.4 Å². The lowest BCUT2D eigenvalue weighted by Crippen LogP contribution is -2.39. The molecule has 0 aromatic heterocycles. The molecule has 20 heavy (non-hydrogen) atoms. The van der Waals surface area contributed by atoms with Crippen molar-refractivity contribution in [2.75, 3.05) is 25.9 Å². The zero-order valence-electron chi connectivity index (χ0n) is 11.7. The van der Waals surface area contributed by atoms with Gasteiger partial charge in [-0.15, -0.1) is 0 Å². The van der Waals surface area contributed by atoms with Crippen LogP contribution in [0.25, 0.3) is 0 Å². The minimum absolute atomic E-state index is 0.0431. The average molecular weight is 298 g/mol. The standard InChI is InChI=1S/C14H22N2O3S/c1-16(11-13-9-14(17)10-15-13)20(18,19)8-7-12-5-3-2-4-6-12/h2-6,13-15,17H,7-11H2,1H3/t13-,14+/m0/s1. The lowest BCUT2D eigenvalue weighted by Gasteiger charge is -2.21. The van der Waals surface area contributed by atoms with E-state index >= 15 is 0 Å². The average Bonchev–Trinajstić information content (AvgIpc) is 2.83. The van der Waals surface area contributed by atoms with Crippen molar-refractivity contribution in [1.82, 2.24) is 9.62 Å².